The molecule has 0 aromatic rings. The molecule has 5 fully saturated rings. The minimum Gasteiger partial charge on any atom is -0.458 e. The molecule has 9 heteroatoms. The Labute approximate surface area is 230 Å². The van der Waals surface area contributed by atoms with Crippen molar-refractivity contribution in [2.24, 2.45) is 34.5 Å². The molecule has 3 unspecified atom stereocenters. The van der Waals surface area contributed by atoms with Crippen molar-refractivity contribution in [3.05, 3.63) is 11.6 Å². The van der Waals surface area contributed by atoms with E-state index in [-0.39, 0.29) is 53.9 Å². The van der Waals surface area contributed by atoms with E-state index in [1.807, 2.05) is 13.8 Å². The first-order valence-electron chi connectivity index (χ1n) is 14.8. The number of carbonyl (C=O) groups excluding carboxylic acids is 2. The number of methoxy groups -OCH3 is 1. The van der Waals surface area contributed by atoms with Crippen LogP contribution in [0.5, 0.6) is 0 Å². The van der Waals surface area contributed by atoms with Crippen LogP contribution < -0.4 is 0 Å². The van der Waals surface area contributed by atoms with Gasteiger partial charge in [-0.3, -0.25) is 4.79 Å². The summed E-state index contributed by atoms with van der Waals surface area (Å²) < 4.78 is 22.9. The monoisotopic (exact) mass is 548 g/mol. The van der Waals surface area contributed by atoms with Crippen LogP contribution in [0.15, 0.2) is 11.6 Å². The minimum atomic E-state index is -1.30. The van der Waals surface area contributed by atoms with Gasteiger partial charge in [0, 0.05) is 30.9 Å². The summed E-state index contributed by atoms with van der Waals surface area (Å²) in [5, 5.41) is 34.3. The Hall–Kier alpha value is -1.36. The molecule has 2 heterocycles. The van der Waals surface area contributed by atoms with Gasteiger partial charge in [-0.2, -0.15) is 0 Å². The van der Waals surface area contributed by atoms with Gasteiger partial charge in [0.2, 0.25) is 0 Å². The molecule has 218 valence electrons. The Morgan fingerprint density at radius 2 is 1.82 bits per heavy atom. The average Bonchev–Trinajstić information content (AvgIpc) is 3.45. The number of cyclic esters (lactones) is 1. The van der Waals surface area contributed by atoms with Crippen LogP contribution in [0.1, 0.15) is 72.1 Å². The first-order valence-corrected chi connectivity index (χ1v) is 14.8. The highest BCUT2D eigenvalue weighted by atomic mass is 16.7. The minimum absolute atomic E-state index is 0.0238. The fourth-order valence-corrected chi connectivity index (χ4v) is 9.82. The van der Waals surface area contributed by atoms with E-state index < -0.39 is 41.4 Å². The summed E-state index contributed by atoms with van der Waals surface area (Å²) in [4.78, 5) is 25.9. The highest BCUT2D eigenvalue weighted by Gasteiger charge is 2.73. The number of carbonyl (C=O) groups is 2. The van der Waals surface area contributed by atoms with E-state index in [0.717, 1.165) is 37.7 Å². The topological polar surface area (TPSA) is 132 Å². The number of ether oxygens (including phenoxy) is 4. The average molecular weight is 549 g/mol. The van der Waals surface area contributed by atoms with Crippen molar-refractivity contribution in [1.82, 2.24) is 0 Å². The molecule has 0 aromatic carbocycles. The Kier molecular flexibility index (Phi) is 6.84. The Morgan fingerprint density at radius 3 is 2.51 bits per heavy atom. The van der Waals surface area contributed by atoms with Crippen LogP contribution >= 0.6 is 0 Å². The summed E-state index contributed by atoms with van der Waals surface area (Å²) in [7, 11) is 1.59. The third kappa shape index (κ3) is 3.94. The molecule has 6 aliphatic rings. The molecule has 2 aliphatic heterocycles. The van der Waals surface area contributed by atoms with Gasteiger partial charge in [-0.25, -0.2) is 4.79 Å². The molecule has 1 saturated heterocycles. The molecule has 4 aliphatic carbocycles. The molecule has 39 heavy (non-hydrogen) atoms. The number of esters is 1. The van der Waals surface area contributed by atoms with E-state index in [9.17, 15) is 24.9 Å². The number of ketones is 1. The maximum atomic E-state index is 14.1. The maximum absolute atomic E-state index is 14.1. The summed E-state index contributed by atoms with van der Waals surface area (Å²) in [5.41, 5.74) is -1.80. The molecule has 0 radical (unpaired) electrons. The highest BCUT2D eigenvalue weighted by molar-refractivity contribution is 5.90. The van der Waals surface area contributed by atoms with Crippen molar-refractivity contribution in [3.8, 4) is 0 Å². The number of hydrogen-bond donors (Lipinski definition) is 3. The summed E-state index contributed by atoms with van der Waals surface area (Å²) in [6.07, 6.45) is 3.83. The molecule has 13 atom stereocenters. The van der Waals surface area contributed by atoms with Crippen molar-refractivity contribution in [3.63, 3.8) is 0 Å². The first-order chi connectivity index (χ1) is 18.4. The van der Waals surface area contributed by atoms with Crippen LogP contribution in [0.3, 0.4) is 0 Å². The van der Waals surface area contributed by atoms with E-state index in [0.29, 0.717) is 19.3 Å². The SMILES string of the molecule is CO[C@H]1C[C@H](O[C@H]2CC[C@]3(C)C4C(=O)[C@H](O)[C@]5(C)C(C6=CC(=O)OC6)CC[C@]5(O)C4CC[C@@H]3C2)O[C@H](C)[C@@H]1O. The van der Waals surface area contributed by atoms with Gasteiger partial charge >= 0.3 is 5.97 Å². The lowest BCUT2D eigenvalue weighted by atomic mass is 9.42. The molecule has 3 N–H and O–H groups in total. The largest absolute Gasteiger partial charge is 0.458 e. The molecule has 4 saturated carbocycles. The van der Waals surface area contributed by atoms with Gasteiger partial charge in [0.05, 0.1) is 23.9 Å². The molecular formula is C30H44O9. The quantitative estimate of drug-likeness (QED) is 0.358. The van der Waals surface area contributed by atoms with Crippen LogP contribution in [-0.2, 0) is 28.5 Å². The molecular weight excluding hydrogens is 504 g/mol. The number of aliphatic hydroxyl groups is 3. The van der Waals surface area contributed by atoms with Gasteiger partial charge in [-0.15, -0.1) is 0 Å². The fraction of sp³-hybridized carbons (Fsp3) is 0.867. The van der Waals surface area contributed by atoms with Crippen LogP contribution in [0.25, 0.3) is 0 Å². The number of hydrogen-bond acceptors (Lipinski definition) is 9. The number of rotatable bonds is 4. The number of Topliss-reactive ketones (excluding diaryl/α,β-unsaturated/α-hetero) is 1. The second kappa shape index (κ2) is 9.60. The summed E-state index contributed by atoms with van der Waals surface area (Å²) in [6.45, 7) is 6.02. The van der Waals surface area contributed by atoms with Gasteiger partial charge in [0.25, 0.3) is 0 Å². The van der Waals surface area contributed by atoms with Crippen molar-refractivity contribution < 1.29 is 43.9 Å². The van der Waals surface area contributed by atoms with Crippen molar-refractivity contribution in [2.45, 2.75) is 115 Å². The summed E-state index contributed by atoms with van der Waals surface area (Å²) in [5.74, 6) is -1.24. The predicted molar refractivity (Wildman–Crippen MR) is 138 cm³/mol. The normalized spacial score (nSPS) is 53.5. The Morgan fingerprint density at radius 1 is 1.05 bits per heavy atom. The molecule has 0 aromatic heterocycles. The van der Waals surface area contributed by atoms with Gasteiger partial charge in [-0.1, -0.05) is 13.8 Å². The second-order valence-electron chi connectivity index (χ2n) is 13.6. The van der Waals surface area contributed by atoms with E-state index in [4.69, 9.17) is 18.9 Å². The molecule has 0 amide bonds. The van der Waals surface area contributed by atoms with Gasteiger partial charge < -0.3 is 34.3 Å². The third-order valence-corrected chi connectivity index (χ3v) is 12.1. The van der Waals surface area contributed by atoms with E-state index >= 15 is 0 Å². The summed E-state index contributed by atoms with van der Waals surface area (Å²) in [6, 6.07) is 0. The van der Waals surface area contributed by atoms with E-state index in [2.05, 4.69) is 6.92 Å². The zero-order valence-corrected chi connectivity index (χ0v) is 23.5. The molecule has 0 bridgehead atoms. The molecule has 9 nitrogen and oxygen atoms in total. The maximum Gasteiger partial charge on any atom is 0.331 e. The lowest BCUT2D eigenvalue weighted by Gasteiger charge is -2.64. The summed E-state index contributed by atoms with van der Waals surface area (Å²) >= 11 is 0. The van der Waals surface area contributed by atoms with Crippen molar-refractivity contribution >= 4 is 11.8 Å². The Bertz CT molecular complexity index is 1040. The predicted octanol–water partition coefficient (Wildman–Crippen LogP) is 2.29. The van der Waals surface area contributed by atoms with Crippen LogP contribution in [-0.4, -0.2) is 83.2 Å². The lowest BCUT2D eigenvalue weighted by Crippen LogP contribution is -2.70. The van der Waals surface area contributed by atoms with Crippen LogP contribution in [0, 0.1) is 34.5 Å². The first kappa shape index (κ1) is 27.8. The molecule has 6 rings (SSSR count). The number of fused-ring (bicyclic) bond motifs is 5. The Balaban J connectivity index is 1.21. The second-order valence-corrected chi connectivity index (χ2v) is 13.6. The van der Waals surface area contributed by atoms with Crippen LogP contribution in [0.4, 0.5) is 0 Å². The lowest BCUT2D eigenvalue weighted by molar-refractivity contribution is -0.274. The number of aliphatic hydroxyl groups excluding tert-OH is 2. The smallest absolute Gasteiger partial charge is 0.331 e. The zero-order chi connectivity index (χ0) is 27.9. The van der Waals surface area contributed by atoms with Gasteiger partial charge in [0.1, 0.15) is 18.8 Å². The van der Waals surface area contributed by atoms with Gasteiger partial charge in [-0.05, 0) is 80.6 Å². The van der Waals surface area contributed by atoms with E-state index in [1.165, 1.54) is 6.08 Å². The van der Waals surface area contributed by atoms with Crippen LogP contribution in [0.2, 0.25) is 0 Å². The van der Waals surface area contributed by atoms with Crippen molar-refractivity contribution in [1.29, 1.82) is 0 Å². The molecule has 0 spiro atoms. The third-order valence-electron chi connectivity index (χ3n) is 12.1. The highest BCUT2D eigenvalue weighted by Crippen LogP contribution is 2.69. The van der Waals surface area contributed by atoms with Gasteiger partial charge in [0.15, 0.2) is 12.1 Å². The van der Waals surface area contributed by atoms with E-state index in [1.54, 1.807) is 7.11 Å². The fourth-order valence-electron chi connectivity index (χ4n) is 9.82. The zero-order valence-electron chi connectivity index (χ0n) is 23.5. The standard InChI is InChI=1S/C30H44O9/c1-15-25(32)21(36-4)13-23(38-15)39-18-7-9-28(2)17(12-18)5-6-20-24(28)26(33)27(34)29(3)19(8-10-30(20,29)35)16-11-22(31)37-14-16/h11,15,17-21,23-25,27,32,34-35H,5-10,12-14H2,1-4H3/t15-,17-,18+,19?,20?,21+,23+,24?,25+,27+,28+,29+,30+/m1/s1. The van der Waals surface area contributed by atoms with Crippen molar-refractivity contribution in [2.75, 3.05) is 13.7 Å².